The molecule has 7 nitrogen and oxygen atoms in total. The zero-order chi connectivity index (χ0) is 18.8. The number of amides is 2. The molecule has 8 heteroatoms. The van der Waals surface area contributed by atoms with Gasteiger partial charge in [-0.3, -0.25) is 4.79 Å². The Morgan fingerprint density at radius 3 is 2.52 bits per heavy atom. The first-order valence-electron chi connectivity index (χ1n) is 8.25. The van der Waals surface area contributed by atoms with Crippen LogP contribution < -0.4 is 10.2 Å². The predicted octanol–water partition coefficient (Wildman–Crippen LogP) is 2.54. The molecule has 0 saturated carbocycles. The van der Waals surface area contributed by atoms with Crippen molar-refractivity contribution in [3.8, 4) is 0 Å². The van der Waals surface area contributed by atoms with Gasteiger partial charge in [0.1, 0.15) is 11.3 Å². The lowest BCUT2D eigenvalue weighted by Crippen LogP contribution is -2.54. The molecule has 1 aromatic heterocycles. The lowest BCUT2D eigenvalue weighted by molar-refractivity contribution is 0.0218. The number of nitrogens with one attached hydrogen (secondary N) is 1. The average molecular weight is 369 g/mol. The van der Waals surface area contributed by atoms with Gasteiger partial charge in [0.2, 0.25) is 0 Å². The van der Waals surface area contributed by atoms with E-state index in [2.05, 4.69) is 15.2 Å². The fourth-order valence-electron chi connectivity index (χ4n) is 2.70. The number of ether oxygens (including phenoxy) is 1. The quantitative estimate of drug-likeness (QED) is 0.812. The van der Waals surface area contributed by atoms with E-state index >= 15 is 0 Å². The van der Waals surface area contributed by atoms with Crippen LogP contribution in [0.15, 0.2) is 12.1 Å². The maximum absolute atomic E-state index is 12.2. The number of halogens is 1. The third kappa shape index (κ3) is 4.75. The van der Waals surface area contributed by atoms with Crippen molar-refractivity contribution in [1.82, 2.24) is 15.2 Å². The van der Waals surface area contributed by atoms with Crippen LogP contribution >= 0.6 is 11.6 Å². The minimum absolute atomic E-state index is 0.0476. The summed E-state index contributed by atoms with van der Waals surface area (Å²) in [5.41, 5.74) is 0.516. The number of piperazine rings is 1. The predicted molar refractivity (Wildman–Crippen MR) is 97.3 cm³/mol. The lowest BCUT2D eigenvalue weighted by Gasteiger charge is -2.41. The summed E-state index contributed by atoms with van der Waals surface area (Å²) in [4.78, 5) is 31.8. The molecule has 1 aliphatic heterocycles. The fraction of sp³-hybridized carbons (Fsp3) is 0.588. The number of anilines is 1. The van der Waals surface area contributed by atoms with Gasteiger partial charge in [-0.2, -0.15) is 0 Å². The Morgan fingerprint density at radius 1 is 1.32 bits per heavy atom. The van der Waals surface area contributed by atoms with Crippen molar-refractivity contribution in [2.24, 2.45) is 0 Å². The van der Waals surface area contributed by atoms with Crippen LogP contribution in [-0.2, 0) is 4.74 Å². The van der Waals surface area contributed by atoms with E-state index in [1.807, 2.05) is 27.7 Å². The molecule has 0 unspecified atom stereocenters. The first-order valence-corrected chi connectivity index (χ1v) is 8.63. The minimum atomic E-state index is -0.514. The zero-order valence-corrected chi connectivity index (χ0v) is 16.1. The van der Waals surface area contributed by atoms with E-state index in [4.69, 9.17) is 16.3 Å². The van der Waals surface area contributed by atoms with Crippen molar-refractivity contribution in [2.75, 3.05) is 31.6 Å². The van der Waals surface area contributed by atoms with E-state index in [9.17, 15) is 9.59 Å². The van der Waals surface area contributed by atoms with Gasteiger partial charge < -0.3 is 19.9 Å². The number of hydrogen-bond donors (Lipinski definition) is 1. The number of aromatic nitrogens is 1. The van der Waals surface area contributed by atoms with Crippen LogP contribution in [0.3, 0.4) is 0 Å². The van der Waals surface area contributed by atoms with Crippen LogP contribution in [-0.4, -0.2) is 60.2 Å². The fourth-order valence-corrected chi connectivity index (χ4v) is 2.97. The molecule has 1 saturated heterocycles. The summed E-state index contributed by atoms with van der Waals surface area (Å²) in [5.74, 6) is -0.281. The van der Waals surface area contributed by atoms with Gasteiger partial charge in [0, 0.05) is 32.7 Å². The monoisotopic (exact) mass is 368 g/mol. The van der Waals surface area contributed by atoms with Gasteiger partial charge in [0.05, 0.1) is 5.69 Å². The average Bonchev–Trinajstić information content (AvgIpc) is 2.52. The molecule has 138 valence electrons. The van der Waals surface area contributed by atoms with Crippen molar-refractivity contribution in [2.45, 2.75) is 39.3 Å². The summed E-state index contributed by atoms with van der Waals surface area (Å²) in [5, 5.41) is 2.80. The molecule has 2 rings (SSSR count). The second kappa shape index (κ2) is 7.47. The minimum Gasteiger partial charge on any atom is -0.444 e. The second-order valence-corrected chi connectivity index (χ2v) is 7.41. The van der Waals surface area contributed by atoms with E-state index in [0.717, 1.165) is 5.69 Å². The zero-order valence-electron chi connectivity index (χ0n) is 15.3. The van der Waals surface area contributed by atoms with Crippen LogP contribution in [0.5, 0.6) is 0 Å². The number of hydrogen-bond acceptors (Lipinski definition) is 5. The summed E-state index contributed by atoms with van der Waals surface area (Å²) >= 11 is 6.28. The third-order valence-electron chi connectivity index (χ3n) is 3.88. The van der Waals surface area contributed by atoms with Crippen molar-refractivity contribution in [3.05, 3.63) is 23.0 Å². The number of carbonyl (C=O) groups excluding carboxylic acids is 2. The van der Waals surface area contributed by atoms with Crippen molar-refractivity contribution >= 4 is 29.3 Å². The van der Waals surface area contributed by atoms with E-state index in [-0.39, 0.29) is 28.9 Å². The summed E-state index contributed by atoms with van der Waals surface area (Å²) in [6.07, 6.45) is -0.307. The highest BCUT2D eigenvalue weighted by molar-refractivity contribution is 6.32. The highest BCUT2D eigenvalue weighted by Gasteiger charge is 2.31. The largest absolute Gasteiger partial charge is 0.444 e. The highest BCUT2D eigenvalue weighted by atomic mass is 35.5. The van der Waals surface area contributed by atoms with E-state index in [1.165, 1.54) is 0 Å². The molecule has 0 aromatic carbocycles. The van der Waals surface area contributed by atoms with Gasteiger partial charge in [-0.25, -0.2) is 9.78 Å². The summed E-state index contributed by atoms with van der Waals surface area (Å²) in [7, 11) is 1.55. The number of pyridine rings is 1. The summed E-state index contributed by atoms with van der Waals surface area (Å²) in [6.45, 7) is 9.24. The standard InChI is InChI=1S/C17H25ClN4O3/c1-11-10-21(16(24)25-17(2,3)4)8-9-22(11)13-7-6-12(15(23)19-5)20-14(13)18/h6-7,11H,8-10H2,1-5H3,(H,19,23)/t11-/m1/s1. The van der Waals surface area contributed by atoms with Gasteiger partial charge in [0.15, 0.2) is 5.15 Å². The molecular weight excluding hydrogens is 344 g/mol. The van der Waals surface area contributed by atoms with Crippen molar-refractivity contribution in [3.63, 3.8) is 0 Å². The summed E-state index contributed by atoms with van der Waals surface area (Å²) in [6, 6.07) is 3.48. The van der Waals surface area contributed by atoms with Gasteiger partial charge in [-0.15, -0.1) is 0 Å². The summed E-state index contributed by atoms with van der Waals surface area (Å²) < 4.78 is 5.43. The number of nitrogens with zero attached hydrogens (tertiary/aromatic N) is 3. The highest BCUT2D eigenvalue weighted by Crippen LogP contribution is 2.28. The van der Waals surface area contributed by atoms with E-state index in [1.54, 1.807) is 24.1 Å². The van der Waals surface area contributed by atoms with E-state index in [0.29, 0.717) is 19.6 Å². The lowest BCUT2D eigenvalue weighted by atomic mass is 10.1. The third-order valence-corrected chi connectivity index (χ3v) is 4.16. The van der Waals surface area contributed by atoms with Crippen LogP contribution in [0.1, 0.15) is 38.2 Å². The molecule has 2 amide bonds. The molecule has 0 bridgehead atoms. The Hall–Kier alpha value is -2.02. The van der Waals surface area contributed by atoms with Crippen LogP contribution in [0.2, 0.25) is 5.15 Å². The molecule has 0 radical (unpaired) electrons. The molecule has 1 atom stereocenters. The maximum atomic E-state index is 12.2. The molecule has 2 heterocycles. The van der Waals surface area contributed by atoms with Gasteiger partial charge in [0.25, 0.3) is 5.91 Å². The molecule has 1 fully saturated rings. The molecular formula is C17H25ClN4O3. The molecule has 1 aromatic rings. The van der Waals surface area contributed by atoms with Gasteiger partial charge in [-0.1, -0.05) is 11.6 Å². The van der Waals surface area contributed by atoms with Crippen LogP contribution in [0, 0.1) is 0 Å². The normalized spacial score (nSPS) is 18.1. The Morgan fingerprint density at radius 2 is 2.00 bits per heavy atom. The molecule has 1 N–H and O–H groups in total. The number of carbonyl (C=O) groups is 2. The van der Waals surface area contributed by atoms with Crippen molar-refractivity contribution in [1.29, 1.82) is 0 Å². The van der Waals surface area contributed by atoms with Crippen molar-refractivity contribution < 1.29 is 14.3 Å². The second-order valence-electron chi connectivity index (χ2n) is 7.05. The first-order chi connectivity index (χ1) is 11.6. The SMILES string of the molecule is CNC(=O)c1ccc(N2CCN(C(=O)OC(C)(C)C)C[C@H]2C)c(Cl)n1. The molecule has 0 spiro atoms. The Labute approximate surface area is 153 Å². The van der Waals surface area contributed by atoms with Crippen LogP contribution in [0.25, 0.3) is 0 Å². The Kier molecular flexibility index (Phi) is 5.77. The first kappa shape index (κ1) is 19.3. The smallest absolute Gasteiger partial charge is 0.410 e. The number of rotatable bonds is 2. The van der Waals surface area contributed by atoms with Crippen LogP contribution in [0.4, 0.5) is 10.5 Å². The van der Waals surface area contributed by atoms with E-state index < -0.39 is 5.60 Å². The Balaban J connectivity index is 2.09. The topological polar surface area (TPSA) is 74.8 Å². The molecule has 0 aliphatic carbocycles. The molecule has 1 aliphatic rings. The maximum Gasteiger partial charge on any atom is 0.410 e. The van der Waals surface area contributed by atoms with Gasteiger partial charge in [-0.05, 0) is 39.8 Å². The Bertz CT molecular complexity index is 660. The molecule has 25 heavy (non-hydrogen) atoms. The van der Waals surface area contributed by atoms with Gasteiger partial charge >= 0.3 is 6.09 Å².